The number of piperidine rings is 1. The van der Waals surface area contributed by atoms with Crippen LogP contribution in [0.5, 0.6) is 0 Å². The number of hydrogen-bond donors (Lipinski definition) is 5. The highest BCUT2D eigenvalue weighted by atomic mass is 19.1. The summed E-state index contributed by atoms with van der Waals surface area (Å²) in [6, 6.07) is -1.75. The summed E-state index contributed by atoms with van der Waals surface area (Å²) in [7, 11) is 1.28. The van der Waals surface area contributed by atoms with Gasteiger partial charge in [0.05, 0.1) is 19.3 Å². The number of esters is 1. The molecular weight excluding hydrogens is 331 g/mol. The molecule has 0 saturated carbocycles. The second-order valence-corrected chi connectivity index (χ2v) is 6.76. The van der Waals surface area contributed by atoms with Gasteiger partial charge in [0.25, 0.3) is 0 Å². The average Bonchev–Trinajstić information content (AvgIpc) is 3.16. The van der Waals surface area contributed by atoms with E-state index in [2.05, 4.69) is 31.7 Å². The first-order valence-corrected chi connectivity index (χ1v) is 8.80. The molecule has 0 bridgehead atoms. The van der Waals surface area contributed by atoms with Crippen LogP contribution < -0.4 is 26.8 Å². The Balaban J connectivity index is 1.51. The highest BCUT2D eigenvalue weighted by molar-refractivity contribution is 5.84. The fraction of sp³-hybridized carbons (Fsp3) is 0.867. The van der Waals surface area contributed by atoms with E-state index < -0.39 is 30.3 Å². The van der Waals surface area contributed by atoms with E-state index in [-0.39, 0.29) is 25.0 Å². The normalized spacial score (nSPS) is 36.8. The van der Waals surface area contributed by atoms with E-state index in [0.29, 0.717) is 6.42 Å². The number of amides is 1. The lowest BCUT2D eigenvalue weighted by Gasteiger charge is -2.37. The molecule has 9 nitrogen and oxygen atoms in total. The van der Waals surface area contributed by atoms with Crippen LogP contribution >= 0.6 is 0 Å². The Kier molecular flexibility index (Phi) is 6.18. The van der Waals surface area contributed by atoms with E-state index in [9.17, 15) is 14.0 Å². The van der Waals surface area contributed by atoms with E-state index in [4.69, 9.17) is 4.74 Å². The van der Waals surface area contributed by atoms with Crippen molar-refractivity contribution < 1.29 is 18.7 Å². The highest BCUT2D eigenvalue weighted by Crippen LogP contribution is 2.16. The van der Waals surface area contributed by atoms with Crippen molar-refractivity contribution >= 4 is 11.9 Å². The van der Waals surface area contributed by atoms with Crippen molar-refractivity contribution in [2.75, 3.05) is 33.4 Å². The van der Waals surface area contributed by atoms with Crippen LogP contribution in [0, 0.1) is 0 Å². The van der Waals surface area contributed by atoms with Gasteiger partial charge in [0, 0.05) is 32.7 Å². The molecule has 5 atom stereocenters. The minimum atomic E-state index is -1.10. The molecule has 3 aliphatic rings. The number of carbonyl (C=O) groups is 2. The van der Waals surface area contributed by atoms with E-state index >= 15 is 0 Å². The zero-order valence-corrected chi connectivity index (χ0v) is 14.4. The molecule has 0 aliphatic carbocycles. The van der Waals surface area contributed by atoms with Crippen molar-refractivity contribution in [2.24, 2.45) is 0 Å². The van der Waals surface area contributed by atoms with Gasteiger partial charge in [0.15, 0.2) is 0 Å². The van der Waals surface area contributed by atoms with Gasteiger partial charge in [0.1, 0.15) is 18.3 Å². The molecule has 3 saturated heterocycles. The number of methoxy groups -OCH3 is 1. The Morgan fingerprint density at radius 1 is 1.28 bits per heavy atom. The first-order valence-electron chi connectivity index (χ1n) is 8.80. The van der Waals surface area contributed by atoms with Crippen LogP contribution in [0.25, 0.3) is 0 Å². The van der Waals surface area contributed by atoms with Gasteiger partial charge in [-0.15, -0.1) is 0 Å². The van der Waals surface area contributed by atoms with Crippen molar-refractivity contribution in [3.8, 4) is 0 Å². The number of rotatable bonds is 4. The Bertz CT molecular complexity index is 482. The third kappa shape index (κ3) is 4.45. The first-order chi connectivity index (χ1) is 12.1. The third-order valence-corrected chi connectivity index (χ3v) is 5.05. The van der Waals surface area contributed by atoms with Crippen LogP contribution in [-0.4, -0.2) is 80.7 Å². The van der Waals surface area contributed by atoms with Crippen LogP contribution in [-0.2, 0) is 14.3 Å². The summed E-state index contributed by atoms with van der Waals surface area (Å²) in [4.78, 5) is 26.6. The van der Waals surface area contributed by atoms with Crippen molar-refractivity contribution in [1.29, 1.82) is 0 Å². The van der Waals surface area contributed by atoms with E-state index in [1.165, 1.54) is 7.11 Å². The number of halogens is 1. The number of hydrogen-bond acceptors (Lipinski definition) is 8. The number of hydrazine groups is 1. The standard InChI is InChI=1S/C15H27FN6O3/c1-25-15(24)13-11(6-9(16)7-18-13)19-14(23)10-2-3-12(21-20-10)22-5-4-17-8-22/h9-13,17-18,20-21H,2-8H2,1H3,(H,19,23). The summed E-state index contributed by atoms with van der Waals surface area (Å²) < 4.78 is 18.4. The van der Waals surface area contributed by atoms with Gasteiger partial charge >= 0.3 is 5.97 Å². The smallest absolute Gasteiger partial charge is 0.325 e. The van der Waals surface area contributed by atoms with Crippen LogP contribution in [0.1, 0.15) is 19.3 Å². The van der Waals surface area contributed by atoms with Crippen LogP contribution in [0.4, 0.5) is 4.39 Å². The van der Waals surface area contributed by atoms with Gasteiger partial charge < -0.3 is 15.4 Å². The predicted octanol–water partition coefficient (Wildman–Crippen LogP) is -2.21. The number of nitrogens with one attached hydrogen (secondary N) is 5. The lowest BCUT2D eigenvalue weighted by Crippen LogP contribution is -2.65. The summed E-state index contributed by atoms with van der Waals surface area (Å²) in [5.74, 6) is -0.728. The molecule has 3 fully saturated rings. The van der Waals surface area contributed by atoms with Crippen molar-refractivity contribution in [3.63, 3.8) is 0 Å². The molecule has 0 aromatic heterocycles. The van der Waals surface area contributed by atoms with Crippen LogP contribution in [0.3, 0.4) is 0 Å². The molecule has 0 radical (unpaired) electrons. The Hall–Kier alpha value is -1.33. The molecule has 3 aliphatic heterocycles. The summed E-state index contributed by atoms with van der Waals surface area (Å²) in [6.07, 6.45) is 0.689. The molecule has 5 unspecified atom stereocenters. The average molecular weight is 358 g/mol. The fourth-order valence-electron chi connectivity index (χ4n) is 3.62. The Labute approximate surface area is 146 Å². The van der Waals surface area contributed by atoms with Crippen LogP contribution in [0.2, 0.25) is 0 Å². The summed E-state index contributed by atoms with van der Waals surface area (Å²) >= 11 is 0. The first kappa shape index (κ1) is 18.5. The van der Waals surface area contributed by atoms with Gasteiger partial charge in [-0.2, -0.15) is 0 Å². The summed E-state index contributed by atoms with van der Waals surface area (Å²) in [6.45, 7) is 2.86. The predicted molar refractivity (Wildman–Crippen MR) is 87.9 cm³/mol. The van der Waals surface area contributed by atoms with Crippen molar-refractivity contribution in [1.82, 2.24) is 31.7 Å². The maximum absolute atomic E-state index is 13.7. The molecule has 25 heavy (non-hydrogen) atoms. The van der Waals surface area contributed by atoms with Gasteiger partial charge in [-0.25, -0.2) is 15.2 Å². The molecule has 142 valence electrons. The lowest BCUT2D eigenvalue weighted by atomic mass is 9.96. The Morgan fingerprint density at radius 3 is 2.76 bits per heavy atom. The van der Waals surface area contributed by atoms with Gasteiger partial charge in [-0.3, -0.25) is 19.8 Å². The molecule has 3 heterocycles. The Morgan fingerprint density at radius 2 is 2.12 bits per heavy atom. The number of ether oxygens (including phenoxy) is 1. The second-order valence-electron chi connectivity index (χ2n) is 6.76. The highest BCUT2D eigenvalue weighted by Gasteiger charge is 2.38. The second kappa shape index (κ2) is 8.37. The monoisotopic (exact) mass is 358 g/mol. The third-order valence-electron chi connectivity index (χ3n) is 5.05. The van der Waals surface area contributed by atoms with Gasteiger partial charge in [0.2, 0.25) is 5.91 Å². The molecule has 0 aromatic rings. The van der Waals surface area contributed by atoms with Crippen LogP contribution in [0.15, 0.2) is 0 Å². The molecule has 0 spiro atoms. The number of alkyl halides is 1. The van der Waals surface area contributed by atoms with E-state index in [1.807, 2.05) is 0 Å². The maximum Gasteiger partial charge on any atom is 0.325 e. The largest absolute Gasteiger partial charge is 0.468 e. The zero-order valence-electron chi connectivity index (χ0n) is 14.4. The minimum absolute atomic E-state index is 0.0842. The minimum Gasteiger partial charge on any atom is -0.468 e. The van der Waals surface area contributed by atoms with Gasteiger partial charge in [-0.1, -0.05) is 0 Å². The summed E-state index contributed by atoms with van der Waals surface area (Å²) in [5.41, 5.74) is 6.22. The SMILES string of the molecule is COC(=O)C1NCC(F)CC1NC(=O)C1CCC(N2CCNC2)NN1. The number of carbonyl (C=O) groups excluding carboxylic acids is 2. The van der Waals surface area contributed by atoms with Gasteiger partial charge in [-0.05, 0) is 12.8 Å². The van der Waals surface area contributed by atoms with E-state index in [1.54, 1.807) is 0 Å². The molecular formula is C15H27FN6O3. The molecule has 10 heteroatoms. The van der Waals surface area contributed by atoms with E-state index in [0.717, 1.165) is 26.2 Å². The molecule has 5 N–H and O–H groups in total. The van der Waals surface area contributed by atoms with Crippen molar-refractivity contribution in [2.45, 2.75) is 49.7 Å². The van der Waals surface area contributed by atoms with Crippen molar-refractivity contribution in [3.05, 3.63) is 0 Å². The quantitative estimate of drug-likeness (QED) is 0.360. The topological polar surface area (TPSA) is 107 Å². The molecule has 1 amide bonds. The molecule has 0 aromatic carbocycles. The maximum atomic E-state index is 13.7. The fourth-order valence-corrected chi connectivity index (χ4v) is 3.62. The lowest BCUT2D eigenvalue weighted by molar-refractivity contribution is -0.145. The zero-order chi connectivity index (χ0) is 17.8. The summed E-state index contributed by atoms with van der Waals surface area (Å²) in [5, 5.41) is 8.88. The molecule has 3 rings (SSSR count). The number of nitrogens with zero attached hydrogens (tertiary/aromatic N) is 1.